The van der Waals surface area contributed by atoms with Crippen molar-refractivity contribution < 1.29 is 18.7 Å². The van der Waals surface area contributed by atoms with E-state index in [1.807, 2.05) is 0 Å². The van der Waals surface area contributed by atoms with Gasteiger partial charge in [-0.3, -0.25) is 4.79 Å². The van der Waals surface area contributed by atoms with Crippen molar-refractivity contribution in [1.82, 2.24) is 0 Å². The standard InChI is InChI=1S/C16H14ClNO4/c1-2-21-16(20)12-9-14(10-3-5-11(17)6-4-10)22-13(12)7-8-15(18)19/h3-9H,2H2,1H3,(H2,18,19)/b8-7-. The number of nitrogens with two attached hydrogens (primary N) is 1. The number of hydrogen-bond donors (Lipinski definition) is 1. The van der Waals surface area contributed by atoms with Crippen LogP contribution in [0.2, 0.25) is 5.02 Å². The average Bonchev–Trinajstić information content (AvgIpc) is 2.90. The molecule has 0 bridgehead atoms. The molecule has 0 saturated heterocycles. The summed E-state index contributed by atoms with van der Waals surface area (Å²) < 4.78 is 10.6. The summed E-state index contributed by atoms with van der Waals surface area (Å²) >= 11 is 5.84. The van der Waals surface area contributed by atoms with E-state index in [2.05, 4.69) is 0 Å². The number of rotatable bonds is 5. The number of amides is 1. The summed E-state index contributed by atoms with van der Waals surface area (Å²) in [5.41, 5.74) is 6.03. The molecule has 0 radical (unpaired) electrons. The van der Waals surface area contributed by atoms with Crippen LogP contribution in [-0.4, -0.2) is 18.5 Å². The summed E-state index contributed by atoms with van der Waals surface area (Å²) in [6, 6.07) is 8.50. The van der Waals surface area contributed by atoms with Crippen LogP contribution in [0.15, 0.2) is 40.8 Å². The van der Waals surface area contributed by atoms with Crippen LogP contribution in [0.3, 0.4) is 0 Å². The lowest BCUT2D eigenvalue weighted by molar-refractivity contribution is -0.113. The highest BCUT2D eigenvalue weighted by atomic mass is 35.5. The van der Waals surface area contributed by atoms with Crippen LogP contribution in [0.5, 0.6) is 0 Å². The summed E-state index contributed by atoms with van der Waals surface area (Å²) in [6.45, 7) is 1.94. The zero-order chi connectivity index (χ0) is 16.1. The fraction of sp³-hybridized carbons (Fsp3) is 0.125. The van der Waals surface area contributed by atoms with Gasteiger partial charge in [0.15, 0.2) is 0 Å². The predicted octanol–water partition coefficient (Wildman–Crippen LogP) is 3.28. The van der Waals surface area contributed by atoms with E-state index in [9.17, 15) is 9.59 Å². The lowest BCUT2D eigenvalue weighted by Gasteiger charge is -1.98. The maximum absolute atomic E-state index is 12.0. The van der Waals surface area contributed by atoms with E-state index >= 15 is 0 Å². The van der Waals surface area contributed by atoms with E-state index in [0.717, 1.165) is 11.6 Å². The number of primary amides is 1. The molecular formula is C16H14ClNO4. The van der Waals surface area contributed by atoms with E-state index in [1.54, 1.807) is 37.3 Å². The number of benzene rings is 1. The maximum Gasteiger partial charge on any atom is 0.342 e. The molecule has 2 aromatic rings. The van der Waals surface area contributed by atoms with Gasteiger partial charge in [0.1, 0.15) is 17.1 Å². The third-order valence-electron chi connectivity index (χ3n) is 2.78. The molecule has 22 heavy (non-hydrogen) atoms. The quantitative estimate of drug-likeness (QED) is 0.677. The normalized spacial score (nSPS) is 10.8. The zero-order valence-corrected chi connectivity index (χ0v) is 12.6. The molecule has 2 N–H and O–H groups in total. The Bertz CT molecular complexity index is 716. The first-order valence-electron chi connectivity index (χ1n) is 6.55. The summed E-state index contributed by atoms with van der Waals surface area (Å²) in [7, 11) is 0. The van der Waals surface area contributed by atoms with Crippen LogP contribution in [0, 0.1) is 0 Å². The fourth-order valence-electron chi connectivity index (χ4n) is 1.81. The molecule has 6 heteroatoms. The summed E-state index contributed by atoms with van der Waals surface area (Å²) in [5.74, 6) is -0.499. The van der Waals surface area contributed by atoms with Crippen molar-refractivity contribution in [2.45, 2.75) is 6.92 Å². The minimum Gasteiger partial charge on any atom is -0.462 e. The highest BCUT2D eigenvalue weighted by molar-refractivity contribution is 6.30. The summed E-state index contributed by atoms with van der Waals surface area (Å²) in [6.07, 6.45) is 2.46. The van der Waals surface area contributed by atoms with Crippen molar-refractivity contribution in [2.24, 2.45) is 5.73 Å². The zero-order valence-electron chi connectivity index (χ0n) is 11.8. The van der Waals surface area contributed by atoms with Gasteiger partial charge in [-0.2, -0.15) is 0 Å². The van der Waals surface area contributed by atoms with E-state index in [4.69, 9.17) is 26.5 Å². The van der Waals surface area contributed by atoms with E-state index < -0.39 is 11.9 Å². The van der Waals surface area contributed by atoms with Crippen LogP contribution in [0.4, 0.5) is 0 Å². The lowest BCUT2D eigenvalue weighted by Crippen LogP contribution is -2.06. The number of halogens is 1. The Morgan fingerprint density at radius 1 is 1.32 bits per heavy atom. The largest absolute Gasteiger partial charge is 0.462 e. The number of furan rings is 1. The van der Waals surface area contributed by atoms with E-state index in [0.29, 0.717) is 10.8 Å². The second-order valence-corrected chi connectivity index (χ2v) is 4.79. The number of carbonyl (C=O) groups is 2. The van der Waals surface area contributed by atoms with Crippen molar-refractivity contribution in [3.05, 3.63) is 52.8 Å². The SMILES string of the molecule is CCOC(=O)c1cc(-c2ccc(Cl)cc2)oc1/C=C\C(N)=O. The third-order valence-corrected chi connectivity index (χ3v) is 3.04. The molecule has 114 valence electrons. The number of hydrogen-bond acceptors (Lipinski definition) is 4. The molecule has 0 fully saturated rings. The highest BCUT2D eigenvalue weighted by Gasteiger charge is 2.18. The van der Waals surface area contributed by atoms with Gasteiger partial charge in [-0.25, -0.2) is 4.79 Å². The number of carbonyl (C=O) groups excluding carboxylic acids is 2. The second-order valence-electron chi connectivity index (χ2n) is 4.35. The second kappa shape index (κ2) is 6.95. The van der Waals surface area contributed by atoms with Gasteiger partial charge in [-0.15, -0.1) is 0 Å². The predicted molar refractivity (Wildman–Crippen MR) is 83.3 cm³/mol. The average molecular weight is 320 g/mol. The molecule has 0 aliphatic carbocycles. The molecular weight excluding hydrogens is 306 g/mol. The van der Waals surface area contributed by atoms with Crippen LogP contribution in [0.25, 0.3) is 17.4 Å². The highest BCUT2D eigenvalue weighted by Crippen LogP contribution is 2.28. The van der Waals surface area contributed by atoms with Crippen LogP contribution < -0.4 is 5.73 Å². The lowest BCUT2D eigenvalue weighted by atomic mass is 10.1. The van der Waals surface area contributed by atoms with Crippen molar-refractivity contribution in [3.63, 3.8) is 0 Å². The molecule has 2 rings (SSSR count). The molecule has 1 aromatic heterocycles. The Labute approximate surface area is 132 Å². The number of esters is 1. The Hall–Kier alpha value is -2.53. The molecule has 1 aromatic carbocycles. The minimum absolute atomic E-state index is 0.210. The van der Waals surface area contributed by atoms with E-state index in [1.165, 1.54) is 6.08 Å². The minimum atomic E-state index is -0.640. The molecule has 0 aliphatic heterocycles. The Kier molecular flexibility index (Phi) is 5.01. The monoisotopic (exact) mass is 319 g/mol. The first kappa shape index (κ1) is 15.9. The van der Waals surface area contributed by atoms with Gasteiger partial charge < -0.3 is 14.9 Å². The van der Waals surface area contributed by atoms with Gasteiger partial charge in [-0.05, 0) is 43.3 Å². The molecule has 5 nitrogen and oxygen atoms in total. The van der Waals surface area contributed by atoms with Crippen LogP contribution in [0.1, 0.15) is 23.0 Å². The molecule has 0 atom stereocenters. The summed E-state index contributed by atoms with van der Waals surface area (Å²) in [4.78, 5) is 22.8. The smallest absolute Gasteiger partial charge is 0.342 e. The van der Waals surface area contributed by atoms with Gasteiger partial charge >= 0.3 is 5.97 Å². The van der Waals surface area contributed by atoms with Crippen molar-refractivity contribution in [2.75, 3.05) is 6.61 Å². The van der Waals surface area contributed by atoms with Crippen molar-refractivity contribution in [3.8, 4) is 11.3 Å². The molecule has 1 amide bonds. The van der Waals surface area contributed by atoms with Crippen LogP contribution in [-0.2, 0) is 9.53 Å². The van der Waals surface area contributed by atoms with Crippen molar-refractivity contribution >= 4 is 29.6 Å². The summed E-state index contributed by atoms with van der Waals surface area (Å²) in [5, 5.41) is 0.592. The molecule has 0 unspecified atom stereocenters. The van der Waals surface area contributed by atoms with Gasteiger partial charge in [0, 0.05) is 16.7 Å². The van der Waals surface area contributed by atoms with E-state index in [-0.39, 0.29) is 17.9 Å². The topological polar surface area (TPSA) is 82.5 Å². The Balaban J connectivity index is 2.44. The number of ether oxygens (including phenoxy) is 1. The molecule has 0 spiro atoms. The first-order chi connectivity index (χ1) is 10.5. The van der Waals surface area contributed by atoms with Crippen LogP contribution >= 0.6 is 11.6 Å². The molecule has 0 aliphatic rings. The van der Waals surface area contributed by atoms with Gasteiger partial charge in [0.25, 0.3) is 0 Å². The van der Waals surface area contributed by atoms with Gasteiger partial charge in [0.2, 0.25) is 5.91 Å². The fourth-order valence-corrected chi connectivity index (χ4v) is 1.94. The third kappa shape index (κ3) is 3.77. The maximum atomic E-state index is 12.0. The van der Waals surface area contributed by atoms with Crippen molar-refractivity contribution in [1.29, 1.82) is 0 Å². The molecule has 0 saturated carbocycles. The molecule has 1 heterocycles. The Morgan fingerprint density at radius 2 is 2.00 bits per heavy atom. The van der Waals surface area contributed by atoms with Gasteiger partial charge in [0.05, 0.1) is 6.61 Å². The first-order valence-corrected chi connectivity index (χ1v) is 6.93. The Morgan fingerprint density at radius 3 is 2.59 bits per heavy atom. The van der Waals surface area contributed by atoms with Gasteiger partial charge in [-0.1, -0.05) is 11.6 Å².